The van der Waals surface area contributed by atoms with Crippen molar-refractivity contribution in [1.29, 1.82) is 0 Å². The molecule has 0 aliphatic carbocycles. The van der Waals surface area contributed by atoms with E-state index < -0.39 is 0 Å². The van der Waals surface area contributed by atoms with Gasteiger partial charge in [-0.05, 0) is 6.07 Å². The first kappa shape index (κ1) is 17.2. The van der Waals surface area contributed by atoms with Gasteiger partial charge in [0, 0.05) is 39.2 Å². The van der Waals surface area contributed by atoms with Crippen LogP contribution < -0.4 is 4.74 Å². The van der Waals surface area contributed by atoms with Crippen LogP contribution >= 0.6 is 34.8 Å². The summed E-state index contributed by atoms with van der Waals surface area (Å²) in [5, 5.41) is 0.929. The lowest BCUT2D eigenvalue weighted by atomic mass is 10.3. The van der Waals surface area contributed by atoms with Crippen LogP contribution in [0.5, 0.6) is 5.75 Å². The van der Waals surface area contributed by atoms with Gasteiger partial charge >= 0.3 is 0 Å². The van der Waals surface area contributed by atoms with Gasteiger partial charge in [0.2, 0.25) is 5.91 Å². The molecule has 22 heavy (non-hydrogen) atoms. The summed E-state index contributed by atoms with van der Waals surface area (Å²) >= 11 is 17.7. The van der Waals surface area contributed by atoms with Crippen molar-refractivity contribution < 1.29 is 14.3 Å². The smallest absolute Gasteiger partial charge is 0.260 e. The molecule has 1 fully saturated rings. The first-order valence-electron chi connectivity index (χ1n) is 6.69. The van der Waals surface area contributed by atoms with Crippen LogP contribution in [-0.2, 0) is 9.59 Å². The maximum absolute atomic E-state index is 12.1. The first-order valence-corrected chi connectivity index (χ1v) is 7.82. The zero-order valence-electron chi connectivity index (χ0n) is 11.9. The topological polar surface area (TPSA) is 49.9 Å². The van der Waals surface area contributed by atoms with Crippen LogP contribution in [0.1, 0.15) is 6.92 Å². The number of piperazine rings is 1. The number of amides is 2. The Kier molecular flexibility index (Phi) is 5.78. The lowest BCUT2D eigenvalue weighted by Crippen LogP contribution is -2.51. The van der Waals surface area contributed by atoms with Crippen molar-refractivity contribution in [3.8, 4) is 5.75 Å². The Bertz CT molecular complexity index is 587. The molecule has 2 rings (SSSR count). The van der Waals surface area contributed by atoms with Gasteiger partial charge < -0.3 is 14.5 Å². The molecule has 0 unspecified atom stereocenters. The molecule has 0 saturated carbocycles. The number of ether oxygens (including phenoxy) is 1. The fourth-order valence-electron chi connectivity index (χ4n) is 2.12. The maximum Gasteiger partial charge on any atom is 0.260 e. The van der Waals surface area contributed by atoms with E-state index in [0.29, 0.717) is 47.0 Å². The van der Waals surface area contributed by atoms with Crippen LogP contribution in [0, 0.1) is 0 Å². The normalized spacial score (nSPS) is 14.9. The highest BCUT2D eigenvalue weighted by molar-refractivity contribution is 6.43. The first-order chi connectivity index (χ1) is 10.4. The Morgan fingerprint density at radius 3 is 2.14 bits per heavy atom. The van der Waals surface area contributed by atoms with Gasteiger partial charge in [-0.3, -0.25) is 9.59 Å². The number of nitrogens with zero attached hydrogens (tertiary/aromatic N) is 2. The SMILES string of the molecule is CC(=O)N1CCN(C(=O)COc2cc(Cl)c(Cl)cc2Cl)CC1. The Morgan fingerprint density at radius 1 is 1.00 bits per heavy atom. The molecule has 1 saturated heterocycles. The molecule has 2 amide bonds. The van der Waals surface area contributed by atoms with Crippen molar-refractivity contribution >= 4 is 46.6 Å². The second-order valence-electron chi connectivity index (χ2n) is 4.87. The number of carbonyl (C=O) groups excluding carboxylic acids is 2. The fourth-order valence-corrected chi connectivity index (χ4v) is 2.71. The predicted molar refractivity (Wildman–Crippen MR) is 85.8 cm³/mol. The number of rotatable bonds is 3. The molecule has 1 aromatic rings. The van der Waals surface area contributed by atoms with E-state index in [-0.39, 0.29) is 18.4 Å². The largest absolute Gasteiger partial charge is 0.482 e. The summed E-state index contributed by atoms with van der Waals surface area (Å²) in [4.78, 5) is 26.7. The summed E-state index contributed by atoms with van der Waals surface area (Å²) in [7, 11) is 0. The molecule has 1 aliphatic rings. The highest BCUT2D eigenvalue weighted by Crippen LogP contribution is 2.33. The molecule has 1 aromatic carbocycles. The summed E-state index contributed by atoms with van der Waals surface area (Å²) in [6.45, 7) is 3.45. The quantitative estimate of drug-likeness (QED) is 0.774. The average Bonchev–Trinajstić information content (AvgIpc) is 2.49. The van der Waals surface area contributed by atoms with E-state index in [1.54, 1.807) is 9.80 Å². The van der Waals surface area contributed by atoms with Crippen molar-refractivity contribution in [3.63, 3.8) is 0 Å². The van der Waals surface area contributed by atoms with Crippen LogP contribution in [0.4, 0.5) is 0 Å². The third-order valence-corrected chi connectivity index (χ3v) is 4.42. The predicted octanol–water partition coefficient (Wildman–Crippen LogP) is 2.72. The zero-order valence-corrected chi connectivity index (χ0v) is 14.2. The summed E-state index contributed by atoms with van der Waals surface area (Å²) in [6.07, 6.45) is 0. The van der Waals surface area contributed by atoms with Crippen molar-refractivity contribution in [2.75, 3.05) is 32.8 Å². The van der Waals surface area contributed by atoms with Crippen LogP contribution in [0.15, 0.2) is 12.1 Å². The van der Waals surface area contributed by atoms with Crippen molar-refractivity contribution in [2.24, 2.45) is 0 Å². The number of hydrogen-bond acceptors (Lipinski definition) is 3. The summed E-state index contributed by atoms with van der Waals surface area (Å²) in [5.41, 5.74) is 0. The molecule has 5 nitrogen and oxygen atoms in total. The molecule has 0 bridgehead atoms. The Morgan fingerprint density at radius 2 is 1.55 bits per heavy atom. The summed E-state index contributed by atoms with van der Waals surface area (Å²) in [6, 6.07) is 2.95. The molecule has 0 N–H and O–H groups in total. The van der Waals surface area contributed by atoms with Crippen LogP contribution in [0.25, 0.3) is 0 Å². The van der Waals surface area contributed by atoms with E-state index in [1.807, 2.05) is 0 Å². The van der Waals surface area contributed by atoms with Gasteiger partial charge in [0.15, 0.2) is 6.61 Å². The molecule has 8 heteroatoms. The van der Waals surface area contributed by atoms with Gasteiger partial charge in [0.05, 0.1) is 15.1 Å². The van der Waals surface area contributed by atoms with Gasteiger partial charge in [0.25, 0.3) is 5.91 Å². The fraction of sp³-hybridized carbons (Fsp3) is 0.429. The molecular weight excluding hydrogens is 351 g/mol. The number of hydrogen-bond donors (Lipinski definition) is 0. The van der Waals surface area contributed by atoms with E-state index >= 15 is 0 Å². The minimum atomic E-state index is -0.162. The van der Waals surface area contributed by atoms with Gasteiger partial charge in [-0.25, -0.2) is 0 Å². The van der Waals surface area contributed by atoms with Crippen LogP contribution in [0.3, 0.4) is 0 Å². The van der Waals surface area contributed by atoms with Crippen molar-refractivity contribution in [2.45, 2.75) is 6.92 Å². The van der Waals surface area contributed by atoms with Crippen molar-refractivity contribution in [1.82, 2.24) is 9.80 Å². The van der Waals surface area contributed by atoms with Crippen LogP contribution in [-0.4, -0.2) is 54.4 Å². The standard InChI is InChI=1S/C14H15Cl3N2O3/c1-9(20)18-2-4-19(5-3-18)14(21)8-22-13-7-11(16)10(15)6-12(13)17/h6-7H,2-5,8H2,1H3. The van der Waals surface area contributed by atoms with E-state index in [1.165, 1.54) is 19.1 Å². The lowest BCUT2D eigenvalue weighted by molar-refractivity contribution is -0.139. The summed E-state index contributed by atoms with van der Waals surface area (Å²) < 4.78 is 5.42. The minimum absolute atomic E-state index is 0.0194. The van der Waals surface area contributed by atoms with Gasteiger partial charge in [0.1, 0.15) is 5.75 Å². The lowest BCUT2D eigenvalue weighted by Gasteiger charge is -2.34. The Labute approximate surface area is 143 Å². The third kappa shape index (κ3) is 4.18. The molecular formula is C14H15Cl3N2O3. The van der Waals surface area contributed by atoms with E-state index in [4.69, 9.17) is 39.5 Å². The van der Waals surface area contributed by atoms with E-state index in [9.17, 15) is 9.59 Å². The second-order valence-corrected chi connectivity index (χ2v) is 6.09. The maximum atomic E-state index is 12.1. The van der Waals surface area contributed by atoms with Crippen molar-refractivity contribution in [3.05, 3.63) is 27.2 Å². The zero-order chi connectivity index (χ0) is 16.3. The molecule has 0 aromatic heterocycles. The number of halogens is 3. The van der Waals surface area contributed by atoms with Crippen LogP contribution in [0.2, 0.25) is 15.1 Å². The van der Waals surface area contributed by atoms with E-state index in [0.717, 1.165) is 0 Å². The van der Waals surface area contributed by atoms with Gasteiger partial charge in [-0.2, -0.15) is 0 Å². The molecule has 0 spiro atoms. The molecule has 1 aliphatic heterocycles. The molecule has 120 valence electrons. The molecule has 0 radical (unpaired) electrons. The monoisotopic (exact) mass is 364 g/mol. The summed E-state index contributed by atoms with van der Waals surface area (Å²) in [5.74, 6) is 0.170. The number of benzene rings is 1. The highest BCUT2D eigenvalue weighted by atomic mass is 35.5. The van der Waals surface area contributed by atoms with Gasteiger partial charge in [-0.15, -0.1) is 0 Å². The highest BCUT2D eigenvalue weighted by Gasteiger charge is 2.22. The third-order valence-electron chi connectivity index (χ3n) is 3.40. The van der Waals surface area contributed by atoms with E-state index in [2.05, 4.69) is 0 Å². The second kappa shape index (κ2) is 7.40. The molecule has 1 heterocycles. The minimum Gasteiger partial charge on any atom is -0.482 e. The molecule has 0 atom stereocenters. The number of carbonyl (C=O) groups is 2. The Balaban J connectivity index is 1.89. The Hall–Kier alpha value is -1.17. The van der Waals surface area contributed by atoms with Gasteiger partial charge in [-0.1, -0.05) is 34.8 Å². The average molecular weight is 366 g/mol.